The Balaban J connectivity index is 2.16. The first kappa shape index (κ1) is 8.97. The maximum Gasteiger partial charge on any atom is 0.0909 e. The molecule has 0 aromatic rings. The van der Waals surface area contributed by atoms with Gasteiger partial charge in [-0.05, 0) is 26.7 Å². The molecule has 0 atom stereocenters. The van der Waals surface area contributed by atoms with Crippen LogP contribution in [0.4, 0.5) is 0 Å². The maximum atomic E-state index is 9.62. The monoisotopic (exact) mass is 159 g/mol. The lowest BCUT2D eigenvalue weighted by Crippen LogP contribution is -2.54. The van der Waals surface area contributed by atoms with Crippen molar-refractivity contribution in [1.29, 1.82) is 0 Å². The van der Waals surface area contributed by atoms with Crippen LogP contribution in [0.5, 0.6) is 0 Å². The van der Waals surface area contributed by atoms with Gasteiger partial charge >= 0.3 is 0 Å². The summed E-state index contributed by atoms with van der Waals surface area (Å²) in [6, 6.07) is 0.177. The summed E-state index contributed by atoms with van der Waals surface area (Å²) in [7, 11) is 0. The van der Waals surface area contributed by atoms with Crippen molar-refractivity contribution in [2.45, 2.75) is 44.4 Å². The van der Waals surface area contributed by atoms with Gasteiger partial charge in [0.25, 0.3) is 0 Å². The summed E-state index contributed by atoms with van der Waals surface area (Å²) in [6.07, 6.45) is 1.55. The fourth-order valence-electron chi connectivity index (χ4n) is 1.36. The van der Waals surface area contributed by atoms with Crippen LogP contribution in [0.25, 0.3) is 0 Å². The molecule has 11 heavy (non-hydrogen) atoms. The van der Waals surface area contributed by atoms with E-state index in [1.54, 1.807) is 0 Å². The third-order valence-electron chi connectivity index (χ3n) is 1.97. The first-order valence-electron chi connectivity index (χ1n) is 4.11. The Hall–Kier alpha value is -0.120. The lowest BCUT2D eigenvalue weighted by molar-refractivity contribution is -0.116. The zero-order valence-electron chi connectivity index (χ0n) is 7.21. The molecule has 1 aliphatic carbocycles. The van der Waals surface area contributed by atoms with Gasteiger partial charge in [0.1, 0.15) is 0 Å². The molecule has 3 nitrogen and oxygen atoms in total. The molecule has 0 unspecified atom stereocenters. The molecule has 0 saturated heterocycles. The molecular formula is C8H17NO2. The van der Waals surface area contributed by atoms with Crippen LogP contribution in [0.3, 0.4) is 0 Å². The van der Waals surface area contributed by atoms with Gasteiger partial charge < -0.3 is 15.6 Å². The lowest BCUT2D eigenvalue weighted by atomic mass is 9.77. The predicted molar refractivity (Wildman–Crippen MR) is 43.2 cm³/mol. The molecule has 0 amide bonds. The molecule has 0 aliphatic heterocycles. The lowest BCUT2D eigenvalue weighted by Gasteiger charge is -2.41. The van der Waals surface area contributed by atoms with Crippen LogP contribution in [0.15, 0.2) is 0 Å². The average molecular weight is 159 g/mol. The summed E-state index contributed by atoms with van der Waals surface area (Å²) in [4.78, 5) is 0. The number of hydrogen-bond acceptors (Lipinski definition) is 3. The molecule has 0 radical (unpaired) electrons. The predicted octanol–water partition coefficient (Wildman–Crippen LogP) is 0.264. The van der Waals surface area contributed by atoms with E-state index in [1.807, 2.05) is 13.8 Å². The number of ether oxygens (including phenoxy) is 1. The van der Waals surface area contributed by atoms with E-state index < -0.39 is 5.60 Å². The SMILES string of the molecule is CC(C)OCC1(O)CC(N)C1. The number of aliphatic hydroxyl groups is 1. The zero-order chi connectivity index (χ0) is 8.48. The highest BCUT2D eigenvalue weighted by Gasteiger charge is 2.40. The first-order valence-corrected chi connectivity index (χ1v) is 4.11. The van der Waals surface area contributed by atoms with Crippen LogP contribution in [-0.4, -0.2) is 29.5 Å². The Morgan fingerprint density at radius 2 is 2.18 bits per heavy atom. The quantitative estimate of drug-likeness (QED) is 0.621. The van der Waals surface area contributed by atoms with Crippen LogP contribution in [0.1, 0.15) is 26.7 Å². The molecule has 1 fully saturated rings. The van der Waals surface area contributed by atoms with Gasteiger partial charge in [0.2, 0.25) is 0 Å². The Labute approximate surface area is 67.5 Å². The Bertz CT molecular complexity index is 130. The van der Waals surface area contributed by atoms with Crippen LogP contribution >= 0.6 is 0 Å². The number of rotatable bonds is 3. The van der Waals surface area contributed by atoms with Crippen molar-refractivity contribution in [3.63, 3.8) is 0 Å². The highest BCUT2D eigenvalue weighted by atomic mass is 16.5. The zero-order valence-corrected chi connectivity index (χ0v) is 7.21. The van der Waals surface area contributed by atoms with Crippen LogP contribution < -0.4 is 5.73 Å². The second-order valence-corrected chi connectivity index (χ2v) is 3.75. The summed E-state index contributed by atoms with van der Waals surface area (Å²) in [5.74, 6) is 0. The number of hydrogen-bond donors (Lipinski definition) is 2. The first-order chi connectivity index (χ1) is 5.02. The molecule has 3 N–H and O–H groups in total. The molecule has 0 aromatic carbocycles. The van der Waals surface area contributed by atoms with E-state index in [1.165, 1.54) is 0 Å². The molecule has 0 spiro atoms. The summed E-state index contributed by atoms with van der Waals surface area (Å²) in [6.45, 7) is 4.35. The Morgan fingerprint density at radius 1 is 1.64 bits per heavy atom. The van der Waals surface area contributed by atoms with Gasteiger partial charge in [-0.25, -0.2) is 0 Å². The number of nitrogens with two attached hydrogens (primary N) is 1. The normalized spacial score (nSPS) is 37.4. The minimum Gasteiger partial charge on any atom is -0.387 e. The summed E-state index contributed by atoms with van der Waals surface area (Å²) >= 11 is 0. The van der Waals surface area contributed by atoms with Gasteiger partial charge in [0.05, 0.1) is 18.3 Å². The van der Waals surface area contributed by atoms with E-state index in [4.69, 9.17) is 10.5 Å². The Kier molecular flexibility index (Phi) is 2.52. The average Bonchev–Trinajstić information content (AvgIpc) is 1.81. The summed E-state index contributed by atoms with van der Waals surface area (Å²) in [5.41, 5.74) is 4.92. The van der Waals surface area contributed by atoms with Crippen molar-refractivity contribution in [3.8, 4) is 0 Å². The van der Waals surface area contributed by atoms with Gasteiger partial charge in [-0.1, -0.05) is 0 Å². The summed E-state index contributed by atoms with van der Waals surface area (Å²) in [5, 5.41) is 9.62. The largest absolute Gasteiger partial charge is 0.387 e. The van der Waals surface area contributed by atoms with Gasteiger partial charge in [-0.2, -0.15) is 0 Å². The van der Waals surface area contributed by atoms with Crippen LogP contribution in [-0.2, 0) is 4.74 Å². The van der Waals surface area contributed by atoms with E-state index in [-0.39, 0.29) is 12.1 Å². The second-order valence-electron chi connectivity index (χ2n) is 3.75. The maximum absolute atomic E-state index is 9.62. The fourth-order valence-corrected chi connectivity index (χ4v) is 1.36. The van der Waals surface area contributed by atoms with Crippen LogP contribution in [0.2, 0.25) is 0 Å². The highest BCUT2D eigenvalue weighted by Crippen LogP contribution is 2.30. The molecular weight excluding hydrogens is 142 g/mol. The van der Waals surface area contributed by atoms with Crippen molar-refractivity contribution in [1.82, 2.24) is 0 Å². The molecule has 1 aliphatic rings. The molecule has 1 rings (SSSR count). The third-order valence-corrected chi connectivity index (χ3v) is 1.97. The topological polar surface area (TPSA) is 55.5 Å². The molecule has 1 saturated carbocycles. The van der Waals surface area contributed by atoms with Gasteiger partial charge in [-0.15, -0.1) is 0 Å². The van der Waals surface area contributed by atoms with E-state index in [0.29, 0.717) is 19.4 Å². The third kappa shape index (κ3) is 2.43. The van der Waals surface area contributed by atoms with E-state index in [0.717, 1.165) is 0 Å². The van der Waals surface area contributed by atoms with Crippen LogP contribution in [0, 0.1) is 0 Å². The fraction of sp³-hybridized carbons (Fsp3) is 1.00. The van der Waals surface area contributed by atoms with Crippen molar-refractivity contribution < 1.29 is 9.84 Å². The minimum absolute atomic E-state index is 0.177. The van der Waals surface area contributed by atoms with Gasteiger partial charge in [0.15, 0.2) is 0 Å². The smallest absolute Gasteiger partial charge is 0.0909 e. The van der Waals surface area contributed by atoms with Crippen molar-refractivity contribution in [2.75, 3.05) is 6.61 Å². The summed E-state index contributed by atoms with van der Waals surface area (Å²) < 4.78 is 5.29. The van der Waals surface area contributed by atoms with E-state index >= 15 is 0 Å². The van der Waals surface area contributed by atoms with E-state index in [9.17, 15) is 5.11 Å². The van der Waals surface area contributed by atoms with Crippen molar-refractivity contribution in [2.24, 2.45) is 5.73 Å². The molecule has 0 heterocycles. The van der Waals surface area contributed by atoms with Gasteiger partial charge in [-0.3, -0.25) is 0 Å². The van der Waals surface area contributed by atoms with Crippen molar-refractivity contribution >= 4 is 0 Å². The van der Waals surface area contributed by atoms with Gasteiger partial charge in [0, 0.05) is 6.04 Å². The standard InChI is InChI=1S/C8H17NO2/c1-6(2)11-5-8(10)3-7(9)4-8/h6-7,10H,3-5,9H2,1-2H3. The van der Waals surface area contributed by atoms with Crippen molar-refractivity contribution in [3.05, 3.63) is 0 Å². The Morgan fingerprint density at radius 3 is 2.55 bits per heavy atom. The minimum atomic E-state index is -0.621. The molecule has 3 heteroatoms. The van der Waals surface area contributed by atoms with E-state index in [2.05, 4.69) is 0 Å². The molecule has 0 bridgehead atoms. The molecule has 66 valence electrons. The highest BCUT2D eigenvalue weighted by molar-refractivity contribution is 4.96. The second kappa shape index (κ2) is 3.09. The molecule has 0 aromatic heterocycles.